The highest BCUT2D eigenvalue weighted by molar-refractivity contribution is 7.85. The van der Waals surface area contributed by atoms with Gasteiger partial charge in [-0.2, -0.15) is 0 Å². The molecule has 0 aliphatic rings. The predicted molar refractivity (Wildman–Crippen MR) is 90.5 cm³/mol. The van der Waals surface area contributed by atoms with Crippen LogP contribution in [0.25, 0.3) is 0 Å². The molecule has 0 fully saturated rings. The van der Waals surface area contributed by atoms with Gasteiger partial charge in [0.1, 0.15) is 0 Å². The largest absolute Gasteiger partial charge is 0.748 e. The van der Waals surface area contributed by atoms with Crippen molar-refractivity contribution in [2.75, 3.05) is 19.0 Å². The topological polar surface area (TPSA) is 66.4 Å². The monoisotopic (exact) mass is 337 g/mol. The van der Waals surface area contributed by atoms with Crippen LogP contribution in [0.3, 0.4) is 0 Å². The van der Waals surface area contributed by atoms with Crippen molar-refractivity contribution in [1.82, 2.24) is 0 Å². The Hall–Kier alpha value is 0.0869. The molecule has 128 valence electrons. The minimum Gasteiger partial charge on any atom is -0.748 e. The molecule has 0 N–H and O–H groups in total. The van der Waals surface area contributed by atoms with Gasteiger partial charge in [0.05, 0.1) is 10.1 Å². The van der Waals surface area contributed by atoms with Crippen LogP contribution in [-0.2, 0) is 14.9 Å². The second-order valence-electron chi connectivity index (χ2n) is 6.66. The standard InChI is InChI=1S/C15H34O4SSi/c1-4-5-6-7-8-9-14-21(2,3)15-12-19-11-10-13-20(16,17)18/h4-15H2,1-3H3,(H,16,17,18)/p-1. The summed E-state index contributed by atoms with van der Waals surface area (Å²) in [7, 11) is -5.26. The molecular formula is C15H33O4SSi-. The first kappa shape index (κ1) is 21.1. The van der Waals surface area contributed by atoms with E-state index in [0.717, 1.165) is 6.04 Å². The van der Waals surface area contributed by atoms with E-state index in [1.165, 1.54) is 44.6 Å². The molecule has 0 aromatic rings. The second kappa shape index (κ2) is 11.6. The van der Waals surface area contributed by atoms with E-state index in [1.54, 1.807) is 0 Å². The molecule has 0 aliphatic carbocycles. The van der Waals surface area contributed by atoms with Gasteiger partial charge >= 0.3 is 0 Å². The molecule has 0 saturated carbocycles. The number of unbranched alkanes of at least 4 members (excludes halogenated alkanes) is 5. The molecule has 0 bridgehead atoms. The van der Waals surface area contributed by atoms with E-state index in [0.29, 0.717) is 19.6 Å². The lowest BCUT2D eigenvalue weighted by Crippen LogP contribution is -2.27. The molecule has 0 rings (SSSR count). The first-order valence-corrected chi connectivity index (χ1v) is 13.3. The summed E-state index contributed by atoms with van der Waals surface area (Å²) in [5.74, 6) is -0.314. The third-order valence-electron chi connectivity index (χ3n) is 3.81. The van der Waals surface area contributed by atoms with Gasteiger partial charge in [-0.25, -0.2) is 8.42 Å². The highest BCUT2D eigenvalue weighted by Crippen LogP contribution is 2.20. The van der Waals surface area contributed by atoms with E-state index in [-0.39, 0.29) is 5.75 Å². The van der Waals surface area contributed by atoms with Crippen LogP contribution in [0.4, 0.5) is 0 Å². The van der Waals surface area contributed by atoms with Gasteiger partial charge in [0.15, 0.2) is 0 Å². The van der Waals surface area contributed by atoms with Gasteiger partial charge in [-0.15, -0.1) is 0 Å². The summed E-state index contributed by atoms with van der Waals surface area (Å²) in [6, 6.07) is 2.46. The molecule has 0 spiro atoms. The maximum absolute atomic E-state index is 10.4. The van der Waals surface area contributed by atoms with E-state index in [2.05, 4.69) is 20.0 Å². The van der Waals surface area contributed by atoms with Crippen molar-refractivity contribution in [3.63, 3.8) is 0 Å². The summed E-state index contributed by atoms with van der Waals surface area (Å²) in [5, 5.41) is 0. The van der Waals surface area contributed by atoms with E-state index < -0.39 is 18.2 Å². The van der Waals surface area contributed by atoms with Crippen LogP contribution in [0, 0.1) is 0 Å². The molecule has 0 heterocycles. The van der Waals surface area contributed by atoms with Gasteiger partial charge in [0.25, 0.3) is 0 Å². The quantitative estimate of drug-likeness (QED) is 0.273. The summed E-state index contributed by atoms with van der Waals surface area (Å²) in [6.07, 6.45) is 8.36. The van der Waals surface area contributed by atoms with E-state index in [1.807, 2.05) is 0 Å². The fraction of sp³-hybridized carbons (Fsp3) is 1.00. The normalized spacial score (nSPS) is 12.8. The van der Waals surface area contributed by atoms with Crippen molar-refractivity contribution in [2.45, 2.75) is 77.1 Å². The highest BCUT2D eigenvalue weighted by atomic mass is 32.2. The minimum absolute atomic E-state index is 0.311. The minimum atomic E-state index is -4.08. The maximum atomic E-state index is 10.4. The third kappa shape index (κ3) is 16.3. The predicted octanol–water partition coefficient (Wildman–Crippen LogP) is 4.01. The van der Waals surface area contributed by atoms with Crippen LogP contribution >= 0.6 is 0 Å². The molecule has 0 radical (unpaired) electrons. The Morgan fingerprint density at radius 3 is 2.14 bits per heavy atom. The van der Waals surface area contributed by atoms with Crippen molar-refractivity contribution in [2.24, 2.45) is 0 Å². The highest BCUT2D eigenvalue weighted by Gasteiger charge is 2.19. The van der Waals surface area contributed by atoms with Crippen LogP contribution in [0.15, 0.2) is 0 Å². The molecule has 0 aromatic carbocycles. The lowest BCUT2D eigenvalue weighted by atomic mass is 10.1. The Balaban J connectivity index is 3.50. The number of hydrogen-bond acceptors (Lipinski definition) is 4. The summed E-state index contributed by atoms with van der Waals surface area (Å²) in [5.41, 5.74) is 0. The Morgan fingerprint density at radius 2 is 1.52 bits per heavy atom. The molecule has 0 unspecified atom stereocenters. The summed E-state index contributed by atoms with van der Waals surface area (Å²) >= 11 is 0. The molecule has 0 atom stereocenters. The lowest BCUT2D eigenvalue weighted by Gasteiger charge is -2.22. The van der Waals surface area contributed by atoms with Crippen LogP contribution in [-0.4, -0.2) is 40.0 Å². The smallest absolute Gasteiger partial charge is 0.0946 e. The van der Waals surface area contributed by atoms with Gasteiger partial charge in [-0.05, 0) is 12.5 Å². The van der Waals surface area contributed by atoms with E-state index in [9.17, 15) is 13.0 Å². The average Bonchev–Trinajstić information content (AvgIpc) is 2.36. The van der Waals surface area contributed by atoms with Crippen molar-refractivity contribution in [1.29, 1.82) is 0 Å². The van der Waals surface area contributed by atoms with Crippen molar-refractivity contribution >= 4 is 18.2 Å². The first-order valence-electron chi connectivity index (χ1n) is 8.28. The van der Waals surface area contributed by atoms with Crippen LogP contribution in [0.2, 0.25) is 25.2 Å². The van der Waals surface area contributed by atoms with Gasteiger partial charge in [0, 0.05) is 27.0 Å². The van der Waals surface area contributed by atoms with Gasteiger partial charge in [0.2, 0.25) is 0 Å². The van der Waals surface area contributed by atoms with E-state index in [4.69, 9.17) is 4.74 Å². The Kier molecular flexibility index (Phi) is 11.7. The van der Waals surface area contributed by atoms with Gasteiger partial charge in [-0.1, -0.05) is 64.6 Å². The molecule has 0 amide bonds. The van der Waals surface area contributed by atoms with Crippen LogP contribution < -0.4 is 0 Å². The fourth-order valence-corrected chi connectivity index (χ4v) is 4.92. The zero-order valence-electron chi connectivity index (χ0n) is 14.0. The molecule has 0 aromatic heterocycles. The summed E-state index contributed by atoms with van der Waals surface area (Å²) < 4.78 is 36.8. The zero-order chi connectivity index (χ0) is 16.2. The summed E-state index contributed by atoms with van der Waals surface area (Å²) in [6.45, 7) is 8.11. The SMILES string of the molecule is CCCCCCCC[Si](C)(C)CCOCCCS(=O)(=O)[O-]. The number of hydrogen-bond donors (Lipinski definition) is 0. The molecule has 0 saturated heterocycles. The molecule has 21 heavy (non-hydrogen) atoms. The Bertz CT molecular complexity index is 342. The summed E-state index contributed by atoms with van der Waals surface area (Å²) in [4.78, 5) is 0. The molecule has 6 heteroatoms. The average molecular weight is 338 g/mol. The zero-order valence-corrected chi connectivity index (χ0v) is 15.8. The van der Waals surface area contributed by atoms with Crippen molar-refractivity contribution in [3.8, 4) is 0 Å². The number of rotatable bonds is 14. The Morgan fingerprint density at radius 1 is 0.905 bits per heavy atom. The third-order valence-corrected chi connectivity index (χ3v) is 7.87. The van der Waals surface area contributed by atoms with Crippen LogP contribution in [0.1, 0.15) is 51.9 Å². The fourth-order valence-electron chi connectivity index (χ4n) is 2.30. The van der Waals surface area contributed by atoms with Crippen LogP contribution in [0.5, 0.6) is 0 Å². The molecular weight excluding hydrogens is 304 g/mol. The second-order valence-corrected chi connectivity index (χ2v) is 13.5. The lowest BCUT2D eigenvalue weighted by molar-refractivity contribution is 0.147. The molecule has 0 aliphatic heterocycles. The number of ether oxygens (including phenoxy) is 1. The van der Waals surface area contributed by atoms with Gasteiger partial charge in [-0.3, -0.25) is 0 Å². The maximum Gasteiger partial charge on any atom is 0.0946 e. The molecule has 4 nitrogen and oxygen atoms in total. The first-order chi connectivity index (χ1) is 9.77. The van der Waals surface area contributed by atoms with Crippen molar-refractivity contribution < 1.29 is 17.7 Å². The van der Waals surface area contributed by atoms with Crippen molar-refractivity contribution in [3.05, 3.63) is 0 Å². The van der Waals surface area contributed by atoms with Gasteiger partial charge < -0.3 is 9.29 Å². The Labute approximate surface area is 132 Å². The van der Waals surface area contributed by atoms with E-state index >= 15 is 0 Å².